The van der Waals surface area contributed by atoms with E-state index in [4.69, 9.17) is 14.6 Å². The Hall–Kier alpha value is -2.04. The number of hydrogen-bond acceptors (Lipinski definition) is 4. The van der Waals surface area contributed by atoms with Crippen molar-refractivity contribution in [1.82, 2.24) is 4.98 Å². The average Bonchev–Trinajstić information content (AvgIpc) is 3.00. The number of pyridine rings is 1. The second kappa shape index (κ2) is 10.1. The molecule has 5 heteroatoms. The largest absolute Gasteiger partial charge is 0.501 e. The summed E-state index contributed by atoms with van der Waals surface area (Å²) in [5, 5.41) is 19.4. The molecule has 0 aliphatic heterocycles. The van der Waals surface area contributed by atoms with E-state index in [-0.39, 0.29) is 32.3 Å². The van der Waals surface area contributed by atoms with Crippen LogP contribution in [0.15, 0.2) is 53.1 Å². The molecule has 0 bridgehead atoms. The van der Waals surface area contributed by atoms with Crippen LogP contribution in [0.1, 0.15) is 31.4 Å². The SMILES string of the molecule is CC(O)CC(C)O.Cc1cnc(-c2[c-]ccc3c2oc2ccccc23)c(C)c1.[Ir]. The molecule has 2 heterocycles. The molecule has 0 saturated carbocycles. The number of nitrogens with zero attached hydrogens (tertiary/aromatic N) is 1. The average molecular weight is 569 g/mol. The number of aliphatic hydroxyl groups excluding tert-OH is 2. The minimum absolute atomic E-state index is 0. The van der Waals surface area contributed by atoms with Crippen LogP contribution in [0.4, 0.5) is 0 Å². The smallest absolute Gasteiger partial charge is 0.120 e. The van der Waals surface area contributed by atoms with Crippen LogP contribution < -0.4 is 0 Å². The zero-order valence-electron chi connectivity index (χ0n) is 17.1. The first-order valence-electron chi connectivity index (χ1n) is 9.48. The van der Waals surface area contributed by atoms with Gasteiger partial charge in [-0.3, -0.25) is 0 Å². The van der Waals surface area contributed by atoms with Gasteiger partial charge in [0, 0.05) is 31.7 Å². The standard InChI is InChI=1S/C19H14NO.C5H12O2.Ir/c1-12-10-13(2)18(20-11-12)16-8-5-7-15-14-6-3-4-9-17(14)21-19(15)16;1-4(6)3-5(2)7;/h3-7,9-11H,1-2H3;4-7H,3H2,1-2H3;/q-1;;. The van der Waals surface area contributed by atoms with Crippen molar-refractivity contribution in [2.75, 3.05) is 0 Å². The van der Waals surface area contributed by atoms with E-state index in [2.05, 4.69) is 37.0 Å². The molecule has 2 atom stereocenters. The Labute approximate surface area is 184 Å². The second-order valence-electron chi connectivity index (χ2n) is 7.31. The molecule has 4 aromatic rings. The van der Waals surface area contributed by atoms with E-state index in [1.165, 1.54) is 0 Å². The fraction of sp³-hybridized carbons (Fsp3) is 0.292. The first-order valence-corrected chi connectivity index (χ1v) is 9.48. The zero-order valence-corrected chi connectivity index (χ0v) is 19.5. The van der Waals surface area contributed by atoms with Gasteiger partial charge < -0.3 is 19.6 Å². The quantitative estimate of drug-likeness (QED) is 0.334. The van der Waals surface area contributed by atoms with E-state index in [0.717, 1.165) is 44.3 Å². The van der Waals surface area contributed by atoms with Gasteiger partial charge in [0.2, 0.25) is 0 Å². The van der Waals surface area contributed by atoms with Crippen LogP contribution in [-0.4, -0.2) is 27.4 Å². The Morgan fingerprint density at radius 2 is 1.72 bits per heavy atom. The summed E-state index contributed by atoms with van der Waals surface area (Å²) in [6.07, 6.45) is 1.61. The summed E-state index contributed by atoms with van der Waals surface area (Å²) in [5.41, 5.74) is 5.93. The molecular formula is C24H26IrNO3-. The van der Waals surface area contributed by atoms with Gasteiger partial charge in [0.1, 0.15) is 5.58 Å². The van der Waals surface area contributed by atoms with Crippen molar-refractivity contribution in [3.8, 4) is 11.3 Å². The molecule has 2 aromatic carbocycles. The van der Waals surface area contributed by atoms with E-state index in [0.29, 0.717) is 6.42 Å². The number of aryl methyl sites for hydroxylation is 2. The molecule has 0 spiro atoms. The van der Waals surface area contributed by atoms with Gasteiger partial charge in [0.05, 0.1) is 17.8 Å². The third-order valence-electron chi connectivity index (χ3n) is 4.47. The van der Waals surface area contributed by atoms with Gasteiger partial charge in [-0.2, -0.15) is 0 Å². The van der Waals surface area contributed by atoms with Crippen LogP contribution in [0.25, 0.3) is 33.2 Å². The molecule has 4 rings (SSSR count). The summed E-state index contributed by atoms with van der Waals surface area (Å²) in [6.45, 7) is 7.44. The Kier molecular flexibility index (Phi) is 8.12. The van der Waals surface area contributed by atoms with Crippen LogP contribution in [0.5, 0.6) is 0 Å². The second-order valence-corrected chi connectivity index (χ2v) is 7.31. The van der Waals surface area contributed by atoms with Crippen molar-refractivity contribution in [2.24, 2.45) is 0 Å². The van der Waals surface area contributed by atoms with Crippen molar-refractivity contribution in [3.05, 3.63) is 65.9 Å². The summed E-state index contributed by atoms with van der Waals surface area (Å²) >= 11 is 0. The summed E-state index contributed by atoms with van der Waals surface area (Å²) in [5.74, 6) is 0. The van der Waals surface area contributed by atoms with Crippen LogP contribution in [-0.2, 0) is 20.1 Å². The van der Waals surface area contributed by atoms with Crippen LogP contribution in [0.3, 0.4) is 0 Å². The number of para-hydroxylation sites is 1. The number of rotatable bonds is 3. The molecule has 2 N–H and O–H groups in total. The maximum absolute atomic E-state index is 8.56. The van der Waals surface area contributed by atoms with E-state index in [1.807, 2.05) is 36.5 Å². The Morgan fingerprint density at radius 1 is 1.03 bits per heavy atom. The number of hydrogen-bond donors (Lipinski definition) is 2. The fourth-order valence-electron chi connectivity index (χ4n) is 3.34. The Morgan fingerprint density at radius 3 is 2.34 bits per heavy atom. The summed E-state index contributed by atoms with van der Waals surface area (Å²) in [7, 11) is 0. The summed E-state index contributed by atoms with van der Waals surface area (Å²) in [6, 6.07) is 17.5. The van der Waals surface area contributed by atoms with Crippen molar-refractivity contribution >= 4 is 21.9 Å². The van der Waals surface area contributed by atoms with E-state index in [1.54, 1.807) is 13.8 Å². The van der Waals surface area contributed by atoms with Crippen LogP contribution in [0, 0.1) is 19.9 Å². The predicted octanol–water partition coefficient (Wildman–Crippen LogP) is 5.20. The molecule has 1 radical (unpaired) electrons. The number of benzene rings is 2. The van der Waals surface area contributed by atoms with Crippen molar-refractivity contribution in [1.29, 1.82) is 0 Å². The predicted molar refractivity (Wildman–Crippen MR) is 113 cm³/mol. The van der Waals surface area contributed by atoms with Gasteiger partial charge in [0.25, 0.3) is 0 Å². The van der Waals surface area contributed by atoms with E-state index in [9.17, 15) is 0 Å². The summed E-state index contributed by atoms with van der Waals surface area (Å²) in [4.78, 5) is 4.58. The van der Waals surface area contributed by atoms with E-state index < -0.39 is 0 Å². The number of furan rings is 1. The number of aromatic nitrogens is 1. The topological polar surface area (TPSA) is 66.5 Å². The Bertz CT molecular complexity index is 1080. The van der Waals surface area contributed by atoms with Gasteiger partial charge in [-0.25, -0.2) is 0 Å². The minimum Gasteiger partial charge on any atom is -0.501 e. The molecule has 2 unspecified atom stereocenters. The third kappa shape index (κ3) is 5.52. The normalized spacial score (nSPS) is 12.8. The molecular weight excluding hydrogens is 542 g/mol. The molecule has 2 aromatic heterocycles. The minimum atomic E-state index is -0.375. The third-order valence-corrected chi connectivity index (χ3v) is 4.47. The van der Waals surface area contributed by atoms with Gasteiger partial charge >= 0.3 is 0 Å². The van der Waals surface area contributed by atoms with Gasteiger partial charge in [0.15, 0.2) is 0 Å². The molecule has 155 valence electrons. The molecule has 4 nitrogen and oxygen atoms in total. The first kappa shape index (κ1) is 23.2. The van der Waals surface area contributed by atoms with Gasteiger partial charge in [-0.05, 0) is 51.4 Å². The molecule has 0 aliphatic rings. The van der Waals surface area contributed by atoms with E-state index >= 15 is 0 Å². The maximum Gasteiger partial charge on any atom is 0.120 e. The summed E-state index contributed by atoms with van der Waals surface area (Å²) < 4.78 is 6.05. The molecule has 29 heavy (non-hydrogen) atoms. The first-order chi connectivity index (χ1) is 13.4. The van der Waals surface area contributed by atoms with Crippen molar-refractivity contribution in [2.45, 2.75) is 46.3 Å². The number of fused-ring (bicyclic) bond motifs is 3. The molecule has 0 fully saturated rings. The molecule has 0 aliphatic carbocycles. The Balaban J connectivity index is 0.000000327. The molecule has 0 saturated heterocycles. The van der Waals surface area contributed by atoms with Gasteiger partial charge in [-0.1, -0.05) is 40.8 Å². The maximum atomic E-state index is 8.56. The van der Waals surface area contributed by atoms with Crippen molar-refractivity contribution in [3.63, 3.8) is 0 Å². The monoisotopic (exact) mass is 569 g/mol. The van der Waals surface area contributed by atoms with Crippen LogP contribution in [0.2, 0.25) is 0 Å². The zero-order chi connectivity index (χ0) is 20.3. The number of aliphatic hydroxyl groups is 2. The fourth-order valence-corrected chi connectivity index (χ4v) is 3.34. The van der Waals surface area contributed by atoms with Crippen LogP contribution >= 0.6 is 0 Å². The van der Waals surface area contributed by atoms with Crippen molar-refractivity contribution < 1.29 is 34.7 Å². The van der Waals surface area contributed by atoms with Gasteiger partial charge in [-0.15, -0.1) is 18.2 Å². The molecule has 0 amide bonds.